The molecule has 0 spiro atoms. The molecule has 0 aromatic heterocycles. The van der Waals surface area contributed by atoms with Gasteiger partial charge >= 0.3 is 5.97 Å². The number of Topliss-reactive ketones (excluding diaryl/α,β-unsaturated/α-hetero) is 1. The van der Waals surface area contributed by atoms with E-state index in [-0.39, 0.29) is 17.8 Å². The van der Waals surface area contributed by atoms with Crippen molar-refractivity contribution in [2.24, 2.45) is 11.8 Å². The standard InChI is InChI=1S/C21H36O5/c1-21(24,14-8-16-25-2)15-13-17-11-12-19(22)18(17)9-6-4-5-7-10-20(23)26-3/h13,15,17-18,24H,4-12,14,16H2,1-3H3. The van der Waals surface area contributed by atoms with E-state index in [2.05, 4.69) is 10.8 Å². The van der Waals surface area contributed by atoms with Crippen molar-refractivity contribution < 1.29 is 24.2 Å². The number of methoxy groups -OCH3 is 2. The number of rotatable bonds is 13. The first-order valence-corrected chi connectivity index (χ1v) is 9.90. The molecule has 5 heteroatoms. The summed E-state index contributed by atoms with van der Waals surface area (Å²) in [4.78, 5) is 23.3. The Morgan fingerprint density at radius 1 is 1.23 bits per heavy atom. The molecule has 5 nitrogen and oxygen atoms in total. The Hall–Kier alpha value is -1.20. The summed E-state index contributed by atoms with van der Waals surface area (Å²) >= 11 is 0. The van der Waals surface area contributed by atoms with Crippen LogP contribution in [0.4, 0.5) is 0 Å². The van der Waals surface area contributed by atoms with Gasteiger partial charge in [0, 0.05) is 32.5 Å². The van der Waals surface area contributed by atoms with Crippen LogP contribution in [0.2, 0.25) is 0 Å². The van der Waals surface area contributed by atoms with Crippen LogP contribution in [0.3, 0.4) is 0 Å². The van der Waals surface area contributed by atoms with Gasteiger partial charge in [0.15, 0.2) is 0 Å². The molecule has 0 heterocycles. The average molecular weight is 369 g/mol. The van der Waals surface area contributed by atoms with Crippen LogP contribution in [0.25, 0.3) is 0 Å². The average Bonchev–Trinajstić information content (AvgIpc) is 2.96. The molecule has 0 amide bonds. The maximum atomic E-state index is 12.2. The zero-order valence-electron chi connectivity index (χ0n) is 16.7. The third-order valence-corrected chi connectivity index (χ3v) is 5.26. The summed E-state index contributed by atoms with van der Waals surface area (Å²) in [6, 6.07) is 0. The fraction of sp³-hybridized carbons (Fsp3) is 0.810. The number of allylic oxidation sites excluding steroid dienone is 1. The summed E-state index contributed by atoms with van der Waals surface area (Å²) in [5.74, 6) is 0.528. The van der Waals surface area contributed by atoms with Gasteiger partial charge in [0.1, 0.15) is 5.78 Å². The second-order valence-electron chi connectivity index (χ2n) is 7.62. The van der Waals surface area contributed by atoms with E-state index in [0.717, 1.165) is 44.9 Å². The molecular formula is C21H36O5. The molecule has 0 aromatic carbocycles. The highest BCUT2D eigenvalue weighted by atomic mass is 16.5. The van der Waals surface area contributed by atoms with Crippen LogP contribution in [-0.2, 0) is 19.1 Å². The van der Waals surface area contributed by atoms with Gasteiger partial charge in [-0.05, 0) is 44.9 Å². The first kappa shape index (κ1) is 22.8. The number of ether oxygens (including phenoxy) is 2. The van der Waals surface area contributed by atoms with Gasteiger partial charge in [0.05, 0.1) is 12.7 Å². The highest BCUT2D eigenvalue weighted by Gasteiger charge is 2.32. The molecule has 0 radical (unpaired) electrons. The highest BCUT2D eigenvalue weighted by molar-refractivity contribution is 5.83. The minimum atomic E-state index is -0.845. The number of aliphatic hydroxyl groups is 1. The van der Waals surface area contributed by atoms with Crippen molar-refractivity contribution in [3.8, 4) is 0 Å². The minimum Gasteiger partial charge on any atom is -0.469 e. The fourth-order valence-electron chi connectivity index (χ4n) is 3.62. The minimum absolute atomic E-state index is 0.0848. The number of carbonyl (C=O) groups is 2. The van der Waals surface area contributed by atoms with Crippen LogP contribution in [0.1, 0.15) is 71.1 Å². The number of ketones is 1. The third kappa shape index (κ3) is 8.95. The predicted octanol–water partition coefficient (Wildman–Crippen LogP) is 3.83. The van der Waals surface area contributed by atoms with Crippen molar-refractivity contribution in [1.29, 1.82) is 0 Å². The predicted molar refractivity (Wildman–Crippen MR) is 102 cm³/mol. The molecule has 1 aliphatic rings. The highest BCUT2D eigenvalue weighted by Crippen LogP contribution is 2.34. The van der Waals surface area contributed by atoms with Crippen molar-refractivity contribution >= 4 is 11.8 Å². The number of hydrogen-bond donors (Lipinski definition) is 1. The third-order valence-electron chi connectivity index (χ3n) is 5.26. The van der Waals surface area contributed by atoms with E-state index in [4.69, 9.17) is 4.74 Å². The Morgan fingerprint density at radius 2 is 1.96 bits per heavy atom. The van der Waals surface area contributed by atoms with E-state index in [0.29, 0.717) is 31.7 Å². The molecule has 0 saturated heterocycles. The fourth-order valence-corrected chi connectivity index (χ4v) is 3.62. The largest absolute Gasteiger partial charge is 0.469 e. The Balaban J connectivity index is 2.35. The Morgan fingerprint density at radius 3 is 2.65 bits per heavy atom. The number of esters is 1. The van der Waals surface area contributed by atoms with Gasteiger partial charge in [-0.1, -0.05) is 31.4 Å². The Kier molecular flexibility index (Phi) is 10.7. The number of carbonyl (C=O) groups excluding carboxylic acids is 2. The van der Waals surface area contributed by atoms with Crippen LogP contribution in [-0.4, -0.2) is 43.3 Å². The summed E-state index contributed by atoms with van der Waals surface area (Å²) in [5, 5.41) is 10.4. The first-order valence-electron chi connectivity index (χ1n) is 9.90. The molecule has 1 N–H and O–H groups in total. The van der Waals surface area contributed by atoms with E-state index in [9.17, 15) is 14.7 Å². The van der Waals surface area contributed by atoms with Gasteiger partial charge in [-0.2, -0.15) is 0 Å². The molecule has 0 bridgehead atoms. The molecule has 1 fully saturated rings. The van der Waals surface area contributed by atoms with Gasteiger partial charge in [0.2, 0.25) is 0 Å². The second kappa shape index (κ2) is 12.2. The lowest BCUT2D eigenvalue weighted by Crippen LogP contribution is -2.22. The topological polar surface area (TPSA) is 72.8 Å². The van der Waals surface area contributed by atoms with Gasteiger partial charge in [-0.15, -0.1) is 0 Å². The molecular weight excluding hydrogens is 332 g/mol. The zero-order valence-corrected chi connectivity index (χ0v) is 16.7. The smallest absolute Gasteiger partial charge is 0.305 e. The van der Waals surface area contributed by atoms with Crippen molar-refractivity contribution in [2.75, 3.05) is 20.8 Å². The van der Waals surface area contributed by atoms with Crippen LogP contribution >= 0.6 is 0 Å². The van der Waals surface area contributed by atoms with Crippen LogP contribution in [0, 0.1) is 11.8 Å². The number of unbranched alkanes of at least 4 members (excludes halogenated alkanes) is 3. The molecule has 150 valence electrons. The maximum Gasteiger partial charge on any atom is 0.305 e. The normalized spacial score (nSPS) is 22.7. The lowest BCUT2D eigenvalue weighted by Gasteiger charge is -2.21. The summed E-state index contributed by atoms with van der Waals surface area (Å²) < 4.78 is 9.67. The van der Waals surface area contributed by atoms with Gasteiger partial charge in [-0.25, -0.2) is 0 Å². The maximum absolute atomic E-state index is 12.2. The van der Waals surface area contributed by atoms with Gasteiger partial charge in [-0.3, -0.25) is 9.59 Å². The monoisotopic (exact) mass is 368 g/mol. The quantitative estimate of drug-likeness (QED) is 0.304. The van der Waals surface area contributed by atoms with E-state index in [1.54, 1.807) is 7.11 Å². The lowest BCUT2D eigenvalue weighted by molar-refractivity contribution is -0.140. The summed E-state index contributed by atoms with van der Waals surface area (Å²) in [5.41, 5.74) is -0.845. The van der Waals surface area contributed by atoms with Crippen molar-refractivity contribution in [2.45, 2.75) is 76.7 Å². The van der Waals surface area contributed by atoms with Crippen LogP contribution in [0.5, 0.6) is 0 Å². The van der Waals surface area contributed by atoms with E-state index in [1.165, 1.54) is 7.11 Å². The van der Waals surface area contributed by atoms with Gasteiger partial charge < -0.3 is 14.6 Å². The Bertz CT molecular complexity index is 455. The first-order chi connectivity index (χ1) is 12.4. The molecule has 3 atom stereocenters. The van der Waals surface area contributed by atoms with Crippen molar-refractivity contribution in [3.63, 3.8) is 0 Å². The van der Waals surface area contributed by atoms with E-state index < -0.39 is 5.60 Å². The van der Waals surface area contributed by atoms with E-state index in [1.807, 2.05) is 13.0 Å². The molecule has 0 aromatic rings. The van der Waals surface area contributed by atoms with Crippen LogP contribution in [0.15, 0.2) is 12.2 Å². The summed E-state index contributed by atoms with van der Waals surface area (Å²) in [6.45, 7) is 2.46. The zero-order chi connectivity index (χ0) is 19.4. The lowest BCUT2D eigenvalue weighted by atomic mass is 9.88. The number of hydrogen-bond acceptors (Lipinski definition) is 5. The SMILES string of the molecule is COCCCC(C)(O)C=CC1CCC(=O)C1CCCCCCC(=O)OC. The van der Waals surface area contributed by atoms with Crippen molar-refractivity contribution in [1.82, 2.24) is 0 Å². The molecule has 1 rings (SSSR count). The molecule has 0 aliphatic heterocycles. The van der Waals surface area contributed by atoms with Crippen molar-refractivity contribution in [3.05, 3.63) is 12.2 Å². The summed E-state index contributed by atoms with van der Waals surface area (Å²) in [7, 11) is 3.07. The molecule has 26 heavy (non-hydrogen) atoms. The molecule has 3 unspecified atom stereocenters. The Labute approximate surface area is 158 Å². The summed E-state index contributed by atoms with van der Waals surface area (Å²) in [6.07, 6.45) is 12.2. The van der Waals surface area contributed by atoms with E-state index >= 15 is 0 Å². The molecule has 1 saturated carbocycles. The van der Waals surface area contributed by atoms with Crippen LogP contribution < -0.4 is 0 Å². The molecule has 1 aliphatic carbocycles. The van der Waals surface area contributed by atoms with Gasteiger partial charge in [0.25, 0.3) is 0 Å². The second-order valence-corrected chi connectivity index (χ2v) is 7.62.